The maximum atomic E-state index is 13.1. The normalized spacial score (nSPS) is 28.8. The lowest BCUT2D eigenvalue weighted by Gasteiger charge is -2.45. The van der Waals surface area contributed by atoms with Crippen LogP contribution in [-0.4, -0.2) is 54.5 Å². The Labute approximate surface area is 193 Å². The molecule has 3 aliphatic rings. The summed E-state index contributed by atoms with van der Waals surface area (Å²) in [5, 5.41) is 0. The summed E-state index contributed by atoms with van der Waals surface area (Å²) in [5.41, 5.74) is 7.71. The minimum absolute atomic E-state index is 0. The third kappa shape index (κ3) is 5.82. The van der Waals surface area contributed by atoms with E-state index in [0.717, 1.165) is 51.3 Å². The minimum Gasteiger partial charge on any atom is -0.494 e. The first-order valence-electron chi connectivity index (χ1n) is 11.1. The Hall–Kier alpha value is -1.01. The number of halogens is 2. The first-order chi connectivity index (χ1) is 13.6. The van der Waals surface area contributed by atoms with Crippen LogP contribution in [0.1, 0.15) is 44.6 Å². The fourth-order valence-electron chi connectivity index (χ4n) is 5.49. The standard InChI is InChI=1S/C23H35N3O2.2ClH/c1-2-28-21-8-6-17(7-9-21)16-25-10-12-26(13-11-25)23(27)20-14-18-4-3-5-19(15-20)22(18)24;;/h6-9,18-20,22H,2-5,10-16,24H2,1H3;2*1H. The summed E-state index contributed by atoms with van der Waals surface area (Å²) < 4.78 is 5.52. The second-order valence-electron chi connectivity index (χ2n) is 8.88. The number of amides is 1. The van der Waals surface area contributed by atoms with E-state index in [4.69, 9.17) is 10.5 Å². The average molecular weight is 458 g/mol. The van der Waals surface area contributed by atoms with E-state index < -0.39 is 0 Å². The van der Waals surface area contributed by atoms with Crippen LogP contribution in [-0.2, 0) is 11.3 Å². The van der Waals surface area contributed by atoms with Crippen molar-refractivity contribution < 1.29 is 9.53 Å². The summed E-state index contributed by atoms with van der Waals surface area (Å²) in [5.74, 6) is 2.68. The van der Waals surface area contributed by atoms with Crippen LogP contribution in [0, 0.1) is 17.8 Å². The smallest absolute Gasteiger partial charge is 0.225 e. The topological polar surface area (TPSA) is 58.8 Å². The SMILES string of the molecule is CCOc1ccc(CN2CCN(C(=O)C3CC4CCCC(C3)C4N)CC2)cc1.Cl.Cl. The molecule has 1 aromatic rings. The van der Waals surface area contributed by atoms with Gasteiger partial charge >= 0.3 is 0 Å². The molecule has 2 bridgehead atoms. The lowest BCUT2D eigenvalue weighted by Crippen LogP contribution is -2.53. The maximum absolute atomic E-state index is 13.1. The van der Waals surface area contributed by atoms with Gasteiger partial charge in [0.2, 0.25) is 5.91 Å². The highest BCUT2D eigenvalue weighted by molar-refractivity contribution is 5.85. The predicted octanol–water partition coefficient (Wildman–Crippen LogP) is 3.73. The van der Waals surface area contributed by atoms with Gasteiger partial charge in [-0.15, -0.1) is 24.8 Å². The number of nitrogens with zero attached hydrogens (tertiary/aromatic N) is 2. The molecule has 1 aliphatic heterocycles. The summed E-state index contributed by atoms with van der Waals surface area (Å²) in [7, 11) is 0. The van der Waals surface area contributed by atoms with E-state index in [-0.39, 0.29) is 30.7 Å². The predicted molar refractivity (Wildman–Crippen MR) is 125 cm³/mol. The zero-order valence-corrected chi connectivity index (χ0v) is 19.6. The summed E-state index contributed by atoms with van der Waals surface area (Å²) in [6.07, 6.45) is 5.77. The van der Waals surface area contributed by atoms with Gasteiger partial charge in [0.15, 0.2) is 0 Å². The molecule has 1 amide bonds. The van der Waals surface area contributed by atoms with Crippen LogP contribution in [0.15, 0.2) is 24.3 Å². The van der Waals surface area contributed by atoms with E-state index in [9.17, 15) is 4.79 Å². The number of piperazine rings is 1. The number of carbonyl (C=O) groups excluding carboxylic acids is 1. The molecule has 30 heavy (non-hydrogen) atoms. The van der Waals surface area contributed by atoms with Crippen molar-refractivity contribution in [3.63, 3.8) is 0 Å². The molecule has 2 aliphatic carbocycles. The molecule has 0 aromatic heterocycles. The molecule has 7 heteroatoms. The van der Waals surface area contributed by atoms with Gasteiger partial charge in [0.05, 0.1) is 6.61 Å². The van der Waals surface area contributed by atoms with Crippen LogP contribution in [0.2, 0.25) is 0 Å². The van der Waals surface area contributed by atoms with Gasteiger partial charge in [-0.1, -0.05) is 18.6 Å². The van der Waals surface area contributed by atoms with E-state index >= 15 is 0 Å². The van der Waals surface area contributed by atoms with Crippen molar-refractivity contribution in [2.75, 3.05) is 32.8 Å². The van der Waals surface area contributed by atoms with Crippen molar-refractivity contribution in [2.24, 2.45) is 23.5 Å². The zero-order chi connectivity index (χ0) is 19.5. The number of benzene rings is 1. The van der Waals surface area contributed by atoms with Crippen LogP contribution < -0.4 is 10.5 Å². The summed E-state index contributed by atoms with van der Waals surface area (Å²) in [4.78, 5) is 17.7. The van der Waals surface area contributed by atoms with Crippen LogP contribution >= 0.6 is 24.8 Å². The molecule has 2 atom stereocenters. The Balaban J connectivity index is 0.00000160. The van der Waals surface area contributed by atoms with E-state index in [0.29, 0.717) is 30.4 Å². The molecule has 2 unspecified atom stereocenters. The Kier molecular flexibility index (Phi) is 9.73. The fourth-order valence-corrected chi connectivity index (χ4v) is 5.49. The average Bonchev–Trinajstić information content (AvgIpc) is 2.70. The van der Waals surface area contributed by atoms with E-state index in [1.807, 2.05) is 19.1 Å². The van der Waals surface area contributed by atoms with Gasteiger partial charge in [-0.2, -0.15) is 0 Å². The van der Waals surface area contributed by atoms with E-state index in [1.165, 1.54) is 24.8 Å². The Morgan fingerprint density at radius 1 is 1.03 bits per heavy atom. The van der Waals surface area contributed by atoms with Crippen LogP contribution in [0.5, 0.6) is 5.75 Å². The van der Waals surface area contributed by atoms with Crippen molar-refractivity contribution in [1.29, 1.82) is 0 Å². The van der Waals surface area contributed by atoms with Gasteiger partial charge in [0, 0.05) is 44.7 Å². The first kappa shape index (κ1) is 25.3. The molecule has 0 spiro atoms. The lowest BCUT2D eigenvalue weighted by atomic mass is 9.65. The first-order valence-corrected chi connectivity index (χ1v) is 11.1. The molecule has 2 N–H and O–H groups in total. The number of ether oxygens (including phenoxy) is 1. The minimum atomic E-state index is 0. The highest BCUT2D eigenvalue weighted by Crippen LogP contribution is 2.42. The number of hydrogen-bond donors (Lipinski definition) is 1. The molecule has 2 saturated carbocycles. The van der Waals surface area contributed by atoms with Crippen molar-refractivity contribution in [3.8, 4) is 5.75 Å². The molecule has 1 heterocycles. The molecular formula is C23H37Cl2N3O2. The molecule has 170 valence electrons. The molecule has 1 saturated heterocycles. The van der Waals surface area contributed by atoms with Gasteiger partial charge in [-0.25, -0.2) is 0 Å². The van der Waals surface area contributed by atoms with Crippen LogP contribution in [0.4, 0.5) is 0 Å². The van der Waals surface area contributed by atoms with Crippen molar-refractivity contribution in [2.45, 2.75) is 51.6 Å². The van der Waals surface area contributed by atoms with Gasteiger partial charge in [-0.05, 0) is 62.1 Å². The molecule has 0 radical (unpaired) electrons. The van der Waals surface area contributed by atoms with Crippen molar-refractivity contribution >= 4 is 30.7 Å². The zero-order valence-electron chi connectivity index (χ0n) is 18.0. The summed E-state index contributed by atoms with van der Waals surface area (Å²) in [6.45, 7) is 7.26. The van der Waals surface area contributed by atoms with E-state index in [2.05, 4.69) is 21.9 Å². The van der Waals surface area contributed by atoms with Gasteiger partial charge in [0.1, 0.15) is 5.75 Å². The highest BCUT2D eigenvalue weighted by atomic mass is 35.5. The lowest BCUT2D eigenvalue weighted by molar-refractivity contribution is -0.140. The van der Waals surface area contributed by atoms with Crippen LogP contribution in [0.25, 0.3) is 0 Å². The largest absolute Gasteiger partial charge is 0.494 e. The van der Waals surface area contributed by atoms with Gasteiger partial charge in [0.25, 0.3) is 0 Å². The molecule has 4 rings (SSSR count). The Bertz CT molecular complexity index is 651. The maximum Gasteiger partial charge on any atom is 0.225 e. The van der Waals surface area contributed by atoms with Crippen LogP contribution in [0.3, 0.4) is 0 Å². The van der Waals surface area contributed by atoms with Gasteiger partial charge < -0.3 is 15.4 Å². The number of carbonyl (C=O) groups is 1. The summed E-state index contributed by atoms with van der Waals surface area (Å²) >= 11 is 0. The molecule has 3 fully saturated rings. The third-order valence-electron chi connectivity index (χ3n) is 7.09. The van der Waals surface area contributed by atoms with Gasteiger partial charge in [-0.3, -0.25) is 9.69 Å². The highest BCUT2D eigenvalue weighted by Gasteiger charge is 2.41. The quantitative estimate of drug-likeness (QED) is 0.731. The Morgan fingerprint density at radius 3 is 2.20 bits per heavy atom. The van der Waals surface area contributed by atoms with Crippen molar-refractivity contribution in [1.82, 2.24) is 9.80 Å². The summed E-state index contributed by atoms with van der Waals surface area (Å²) in [6, 6.07) is 8.72. The van der Waals surface area contributed by atoms with E-state index in [1.54, 1.807) is 0 Å². The number of rotatable bonds is 5. The number of hydrogen-bond acceptors (Lipinski definition) is 4. The third-order valence-corrected chi connectivity index (χ3v) is 7.09. The number of fused-ring (bicyclic) bond motifs is 2. The molecule has 5 nitrogen and oxygen atoms in total. The van der Waals surface area contributed by atoms with Crippen molar-refractivity contribution in [3.05, 3.63) is 29.8 Å². The molecular weight excluding hydrogens is 421 g/mol. The molecule has 1 aromatic carbocycles. The second kappa shape index (κ2) is 11.6. The number of nitrogens with two attached hydrogens (primary N) is 1. The fraction of sp³-hybridized carbons (Fsp3) is 0.696. The monoisotopic (exact) mass is 457 g/mol. The second-order valence-corrected chi connectivity index (χ2v) is 8.88. The Morgan fingerprint density at radius 2 is 1.63 bits per heavy atom.